The van der Waals surface area contributed by atoms with Gasteiger partial charge in [0.15, 0.2) is 0 Å². The van der Waals surface area contributed by atoms with Gasteiger partial charge in [0.1, 0.15) is 11.3 Å². The maximum absolute atomic E-state index is 12.4. The van der Waals surface area contributed by atoms with Crippen molar-refractivity contribution < 1.29 is 9.53 Å². The van der Waals surface area contributed by atoms with Gasteiger partial charge < -0.3 is 15.0 Å². The molecule has 0 spiro atoms. The molecule has 0 saturated heterocycles. The summed E-state index contributed by atoms with van der Waals surface area (Å²) in [5, 5.41) is 2.89. The number of amides is 1. The highest BCUT2D eigenvalue weighted by Crippen LogP contribution is 2.26. The predicted molar refractivity (Wildman–Crippen MR) is 90.6 cm³/mol. The van der Waals surface area contributed by atoms with Crippen LogP contribution in [0.3, 0.4) is 0 Å². The number of benzene rings is 1. The number of ether oxygens (including phenoxy) is 1. The lowest BCUT2D eigenvalue weighted by molar-refractivity contribution is 0.0937. The molecule has 1 aliphatic heterocycles. The molecule has 5 heteroatoms. The summed E-state index contributed by atoms with van der Waals surface area (Å²) in [5.41, 5.74) is 3.16. The van der Waals surface area contributed by atoms with Crippen LogP contribution in [0.5, 0.6) is 5.75 Å². The maximum Gasteiger partial charge on any atom is 0.261 e. The monoisotopic (exact) mass is 324 g/mol. The summed E-state index contributed by atoms with van der Waals surface area (Å²) in [6.07, 6.45) is 3.73. The number of aryl methyl sites for hydroxylation is 2. The number of carbonyl (C=O) groups is 1. The van der Waals surface area contributed by atoms with Gasteiger partial charge in [-0.25, -0.2) is 0 Å². The molecule has 0 radical (unpaired) electrons. The number of pyridine rings is 1. The number of nitrogens with one attached hydrogen (secondary N) is 2. The molecule has 1 aromatic heterocycles. The van der Waals surface area contributed by atoms with E-state index in [9.17, 15) is 9.59 Å². The van der Waals surface area contributed by atoms with Crippen molar-refractivity contribution in [2.24, 2.45) is 5.92 Å². The first-order valence-electron chi connectivity index (χ1n) is 8.44. The third-order valence-corrected chi connectivity index (χ3v) is 4.84. The van der Waals surface area contributed by atoms with Crippen molar-refractivity contribution >= 4 is 5.91 Å². The van der Waals surface area contributed by atoms with Crippen molar-refractivity contribution in [2.45, 2.75) is 25.7 Å². The molecular weight excluding hydrogens is 304 g/mol. The molecule has 4 rings (SSSR count). The zero-order valence-electron chi connectivity index (χ0n) is 13.4. The van der Waals surface area contributed by atoms with E-state index in [-0.39, 0.29) is 22.9 Å². The van der Waals surface area contributed by atoms with Gasteiger partial charge in [-0.1, -0.05) is 18.2 Å². The standard InChI is InChI=1S/C19H20N2O3/c22-18(15-9-13-5-3-6-16(13)21-19(15)23)20-10-12-8-14-4-1-2-7-17(14)24-11-12/h1-2,4,7,9,12H,3,5-6,8,10-11H2,(H,20,22)(H,21,23)/t12-/m1/s1. The Bertz CT molecular complexity index is 841. The summed E-state index contributed by atoms with van der Waals surface area (Å²) >= 11 is 0. The minimum atomic E-state index is -0.301. The third-order valence-electron chi connectivity index (χ3n) is 4.84. The van der Waals surface area contributed by atoms with Crippen LogP contribution >= 0.6 is 0 Å². The Hall–Kier alpha value is -2.56. The average Bonchev–Trinajstić information content (AvgIpc) is 3.06. The number of fused-ring (bicyclic) bond motifs is 2. The number of hydrogen-bond acceptors (Lipinski definition) is 3. The molecule has 24 heavy (non-hydrogen) atoms. The molecule has 1 aliphatic carbocycles. The molecule has 1 amide bonds. The van der Waals surface area contributed by atoms with E-state index >= 15 is 0 Å². The highest BCUT2D eigenvalue weighted by molar-refractivity contribution is 5.94. The molecule has 2 aromatic rings. The molecular formula is C19H20N2O3. The van der Waals surface area contributed by atoms with Crippen molar-refractivity contribution in [3.8, 4) is 5.75 Å². The number of H-pyrrole nitrogens is 1. The Balaban J connectivity index is 1.42. The molecule has 1 aromatic carbocycles. The van der Waals surface area contributed by atoms with Crippen LogP contribution in [0, 0.1) is 5.92 Å². The van der Waals surface area contributed by atoms with Gasteiger partial charge in [-0.2, -0.15) is 0 Å². The number of aromatic nitrogens is 1. The lowest BCUT2D eigenvalue weighted by Gasteiger charge is -2.25. The largest absolute Gasteiger partial charge is 0.493 e. The van der Waals surface area contributed by atoms with Crippen LogP contribution in [0.2, 0.25) is 0 Å². The normalized spacial score (nSPS) is 18.4. The van der Waals surface area contributed by atoms with Crippen LogP contribution in [0.1, 0.15) is 33.6 Å². The van der Waals surface area contributed by atoms with E-state index in [4.69, 9.17) is 4.74 Å². The summed E-state index contributed by atoms with van der Waals surface area (Å²) in [6, 6.07) is 9.72. The first-order valence-corrected chi connectivity index (χ1v) is 8.44. The first-order chi connectivity index (χ1) is 11.7. The van der Waals surface area contributed by atoms with Gasteiger partial charge in [0, 0.05) is 18.2 Å². The molecule has 1 atom stereocenters. The van der Waals surface area contributed by atoms with Gasteiger partial charge in [0.25, 0.3) is 11.5 Å². The van der Waals surface area contributed by atoms with E-state index < -0.39 is 0 Å². The molecule has 0 fully saturated rings. The van der Waals surface area contributed by atoms with Gasteiger partial charge >= 0.3 is 0 Å². The van der Waals surface area contributed by atoms with E-state index in [1.807, 2.05) is 18.2 Å². The molecule has 0 unspecified atom stereocenters. The van der Waals surface area contributed by atoms with Gasteiger partial charge in [-0.3, -0.25) is 9.59 Å². The van der Waals surface area contributed by atoms with Crippen LogP contribution < -0.4 is 15.6 Å². The van der Waals surface area contributed by atoms with Crippen LogP contribution in [0.25, 0.3) is 0 Å². The summed E-state index contributed by atoms with van der Waals surface area (Å²) in [4.78, 5) is 27.3. The summed E-state index contributed by atoms with van der Waals surface area (Å²) in [5.74, 6) is 0.845. The molecule has 2 aliphatic rings. The van der Waals surface area contributed by atoms with Crippen LogP contribution in [-0.4, -0.2) is 24.0 Å². The fourth-order valence-electron chi connectivity index (χ4n) is 3.54. The summed E-state index contributed by atoms with van der Waals surface area (Å²) in [7, 11) is 0. The molecule has 2 heterocycles. The zero-order valence-corrected chi connectivity index (χ0v) is 13.4. The Kier molecular flexibility index (Phi) is 3.84. The smallest absolute Gasteiger partial charge is 0.261 e. The van der Waals surface area contributed by atoms with Crippen LogP contribution in [0.4, 0.5) is 0 Å². The minimum absolute atomic E-state index is 0.216. The van der Waals surface area contributed by atoms with Gasteiger partial charge in [0.05, 0.1) is 6.61 Å². The Labute approximate surface area is 140 Å². The highest BCUT2D eigenvalue weighted by atomic mass is 16.5. The fourth-order valence-corrected chi connectivity index (χ4v) is 3.54. The van der Waals surface area contributed by atoms with Crippen molar-refractivity contribution in [2.75, 3.05) is 13.2 Å². The van der Waals surface area contributed by atoms with Crippen molar-refractivity contribution in [3.63, 3.8) is 0 Å². The number of carbonyl (C=O) groups excluding carboxylic acids is 1. The Morgan fingerprint density at radius 1 is 1.25 bits per heavy atom. The average molecular weight is 324 g/mol. The van der Waals surface area contributed by atoms with Crippen LogP contribution in [0.15, 0.2) is 35.1 Å². The lowest BCUT2D eigenvalue weighted by atomic mass is 9.96. The van der Waals surface area contributed by atoms with Crippen LogP contribution in [-0.2, 0) is 19.3 Å². The second kappa shape index (κ2) is 6.15. The zero-order chi connectivity index (χ0) is 16.5. The molecule has 2 N–H and O–H groups in total. The Morgan fingerprint density at radius 2 is 2.12 bits per heavy atom. The maximum atomic E-state index is 12.4. The number of para-hydroxylation sites is 1. The minimum Gasteiger partial charge on any atom is -0.493 e. The second-order valence-corrected chi connectivity index (χ2v) is 6.57. The van der Waals surface area contributed by atoms with E-state index in [0.29, 0.717) is 13.2 Å². The van der Waals surface area contributed by atoms with E-state index in [1.54, 1.807) is 6.07 Å². The number of hydrogen-bond donors (Lipinski definition) is 2. The van der Waals surface area contributed by atoms with E-state index in [0.717, 1.165) is 42.7 Å². The molecule has 0 saturated carbocycles. The van der Waals surface area contributed by atoms with Crippen molar-refractivity contribution in [1.29, 1.82) is 0 Å². The van der Waals surface area contributed by atoms with E-state index in [1.165, 1.54) is 5.56 Å². The molecule has 0 bridgehead atoms. The topological polar surface area (TPSA) is 71.2 Å². The highest BCUT2D eigenvalue weighted by Gasteiger charge is 2.22. The summed E-state index contributed by atoms with van der Waals surface area (Å²) < 4.78 is 5.74. The SMILES string of the molecule is O=C(NC[C@@H]1COc2ccccc2C1)c1cc2c([nH]c1=O)CCC2. The van der Waals surface area contributed by atoms with Crippen molar-refractivity contribution in [3.05, 3.63) is 63.1 Å². The van der Waals surface area contributed by atoms with E-state index in [2.05, 4.69) is 16.4 Å². The summed E-state index contributed by atoms with van der Waals surface area (Å²) in [6.45, 7) is 1.08. The molecule has 5 nitrogen and oxygen atoms in total. The lowest BCUT2D eigenvalue weighted by Crippen LogP contribution is -2.37. The Morgan fingerprint density at radius 3 is 3.04 bits per heavy atom. The third kappa shape index (κ3) is 2.82. The fraction of sp³-hybridized carbons (Fsp3) is 0.368. The number of aromatic amines is 1. The van der Waals surface area contributed by atoms with Crippen molar-refractivity contribution in [1.82, 2.24) is 10.3 Å². The predicted octanol–water partition coefficient (Wildman–Crippen LogP) is 1.84. The van der Waals surface area contributed by atoms with Gasteiger partial charge in [0.2, 0.25) is 0 Å². The van der Waals surface area contributed by atoms with Gasteiger partial charge in [-0.15, -0.1) is 0 Å². The second-order valence-electron chi connectivity index (χ2n) is 6.57. The number of rotatable bonds is 3. The molecule has 124 valence electrons. The quantitative estimate of drug-likeness (QED) is 0.905. The van der Waals surface area contributed by atoms with Gasteiger partial charge in [-0.05, 0) is 48.9 Å². The first kappa shape index (κ1) is 15.0.